The number of azide groups is 1. The molecule has 0 radical (unpaired) electrons. The molecule has 0 unspecified atom stereocenters. The third-order valence-corrected chi connectivity index (χ3v) is 1.18. The first-order chi connectivity index (χ1) is 4.84. The zero-order chi connectivity index (χ0) is 7.40. The minimum absolute atomic E-state index is 0.223. The van der Waals surface area contributed by atoms with Crippen LogP contribution in [0, 0.1) is 0 Å². The highest BCUT2D eigenvalue weighted by atomic mass is 35.5. The Morgan fingerprint density at radius 2 is 2.50 bits per heavy atom. The molecule has 4 nitrogen and oxygen atoms in total. The predicted octanol–water partition coefficient (Wildman–Crippen LogP) is 2.68. The number of aromatic nitrogens is 1. The number of hydrogen-bond donors (Lipinski definition) is 0. The largest absolute Gasteiger partial charge is 0.244 e. The van der Waals surface area contributed by atoms with Crippen LogP contribution in [-0.4, -0.2) is 4.98 Å². The van der Waals surface area contributed by atoms with E-state index in [1.54, 1.807) is 12.1 Å². The van der Waals surface area contributed by atoms with Gasteiger partial charge in [0.2, 0.25) is 0 Å². The molecular weight excluding hydrogens is 152 g/mol. The van der Waals surface area contributed by atoms with Gasteiger partial charge in [0.25, 0.3) is 0 Å². The number of hydrogen-bond acceptors (Lipinski definition) is 2. The van der Waals surface area contributed by atoms with Crippen LogP contribution in [0.3, 0.4) is 0 Å². The summed E-state index contributed by atoms with van der Waals surface area (Å²) in [4.78, 5) is 6.27. The molecule has 0 bridgehead atoms. The first-order valence-electron chi connectivity index (χ1n) is 2.50. The van der Waals surface area contributed by atoms with Crippen LogP contribution in [0.1, 0.15) is 0 Å². The number of nitrogens with zero attached hydrogens (tertiary/aromatic N) is 4. The fourth-order valence-corrected chi connectivity index (χ4v) is 0.657. The zero-order valence-corrected chi connectivity index (χ0v) is 5.65. The molecule has 0 aliphatic rings. The van der Waals surface area contributed by atoms with Crippen LogP contribution in [0.2, 0.25) is 5.15 Å². The lowest BCUT2D eigenvalue weighted by atomic mass is 10.4. The highest BCUT2D eigenvalue weighted by Crippen LogP contribution is 2.20. The van der Waals surface area contributed by atoms with Crippen LogP contribution in [0.5, 0.6) is 0 Å². The number of rotatable bonds is 1. The minimum Gasteiger partial charge on any atom is -0.244 e. The van der Waals surface area contributed by atoms with Crippen molar-refractivity contribution in [2.24, 2.45) is 5.11 Å². The van der Waals surface area contributed by atoms with Gasteiger partial charge < -0.3 is 0 Å². The average Bonchev–Trinajstić information content (AvgIpc) is 1.94. The molecule has 0 atom stereocenters. The van der Waals surface area contributed by atoms with E-state index in [0.717, 1.165) is 0 Å². The van der Waals surface area contributed by atoms with Crippen LogP contribution in [-0.2, 0) is 0 Å². The molecular formula is C5H3ClN4. The molecule has 0 saturated heterocycles. The van der Waals surface area contributed by atoms with Gasteiger partial charge in [-0.2, -0.15) is 0 Å². The maximum absolute atomic E-state index is 8.02. The van der Waals surface area contributed by atoms with Crippen LogP contribution >= 0.6 is 11.6 Å². The van der Waals surface area contributed by atoms with Crippen molar-refractivity contribution in [3.05, 3.63) is 33.9 Å². The maximum Gasteiger partial charge on any atom is 0.138 e. The molecule has 0 N–H and O–H groups in total. The van der Waals surface area contributed by atoms with Gasteiger partial charge in [0.1, 0.15) is 5.15 Å². The molecule has 50 valence electrons. The Morgan fingerprint density at radius 1 is 1.70 bits per heavy atom. The van der Waals surface area contributed by atoms with E-state index < -0.39 is 0 Å². The van der Waals surface area contributed by atoms with E-state index in [0.29, 0.717) is 5.69 Å². The van der Waals surface area contributed by atoms with Crippen molar-refractivity contribution in [1.82, 2.24) is 4.98 Å². The third-order valence-electron chi connectivity index (χ3n) is 0.892. The van der Waals surface area contributed by atoms with Crippen LogP contribution < -0.4 is 0 Å². The second-order valence-electron chi connectivity index (χ2n) is 1.50. The van der Waals surface area contributed by atoms with E-state index in [1.807, 2.05) is 0 Å². The van der Waals surface area contributed by atoms with Gasteiger partial charge in [-0.1, -0.05) is 16.7 Å². The molecule has 0 spiro atoms. The van der Waals surface area contributed by atoms with Gasteiger partial charge in [0.15, 0.2) is 0 Å². The predicted molar refractivity (Wildman–Crippen MR) is 38.1 cm³/mol. The van der Waals surface area contributed by atoms with Gasteiger partial charge >= 0.3 is 0 Å². The third kappa shape index (κ3) is 1.37. The normalized spacial score (nSPS) is 8.50. The first-order valence-corrected chi connectivity index (χ1v) is 2.88. The molecule has 1 aromatic rings. The Bertz CT molecular complexity index is 279. The molecule has 1 rings (SSSR count). The Balaban J connectivity index is 3.14. The molecule has 0 aromatic carbocycles. The van der Waals surface area contributed by atoms with Gasteiger partial charge in [-0.25, -0.2) is 4.98 Å². The first kappa shape index (κ1) is 6.86. The van der Waals surface area contributed by atoms with Crippen molar-refractivity contribution in [2.75, 3.05) is 0 Å². The SMILES string of the molecule is [N-]=[N+]=Nc1cccnc1Cl. The quantitative estimate of drug-likeness (QED) is 0.266. The van der Waals surface area contributed by atoms with Crippen molar-refractivity contribution in [3.8, 4) is 0 Å². The Hall–Kier alpha value is -1.25. The van der Waals surface area contributed by atoms with Crippen LogP contribution in [0.4, 0.5) is 5.69 Å². The second kappa shape index (κ2) is 3.06. The van der Waals surface area contributed by atoms with Gasteiger partial charge in [0.05, 0.1) is 5.69 Å². The summed E-state index contributed by atoms with van der Waals surface area (Å²) in [5, 5.41) is 3.51. The topological polar surface area (TPSA) is 61.7 Å². The molecule has 0 aliphatic carbocycles. The molecule has 1 heterocycles. The van der Waals surface area contributed by atoms with E-state index in [1.165, 1.54) is 6.20 Å². The van der Waals surface area contributed by atoms with Gasteiger partial charge in [-0.05, 0) is 17.7 Å². The van der Waals surface area contributed by atoms with Gasteiger partial charge in [-0.15, -0.1) is 0 Å². The lowest BCUT2D eigenvalue weighted by Gasteiger charge is -1.90. The second-order valence-corrected chi connectivity index (χ2v) is 1.86. The van der Waals surface area contributed by atoms with Gasteiger partial charge in [-0.3, -0.25) is 0 Å². The molecule has 0 amide bonds. The van der Waals surface area contributed by atoms with Crippen molar-refractivity contribution in [3.63, 3.8) is 0 Å². The van der Waals surface area contributed by atoms with Gasteiger partial charge in [0, 0.05) is 11.1 Å². The smallest absolute Gasteiger partial charge is 0.138 e. The Morgan fingerprint density at radius 3 is 3.10 bits per heavy atom. The lowest BCUT2D eigenvalue weighted by molar-refractivity contribution is 1.30. The van der Waals surface area contributed by atoms with Crippen molar-refractivity contribution < 1.29 is 0 Å². The monoisotopic (exact) mass is 154 g/mol. The standard InChI is InChI=1S/C5H3ClN4/c6-5-4(9-10-7)2-1-3-8-5/h1-3H. The maximum atomic E-state index is 8.02. The summed E-state index contributed by atoms with van der Waals surface area (Å²) >= 11 is 5.53. The summed E-state index contributed by atoms with van der Waals surface area (Å²) in [6.07, 6.45) is 1.53. The van der Waals surface area contributed by atoms with Crippen molar-refractivity contribution in [2.45, 2.75) is 0 Å². The Kier molecular flexibility index (Phi) is 2.10. The molecule has 1 aromatic heterocycles. The van der Waals surface area contributed by atoms with Crippen LogP contribution in [0.15, 0.2) is 23.4 Å². The van der Waals surface area contributed by atoms with E-state index in [9.17, 15) is 0 Å². The molecule has 10 heavy (non-hydrogen) atoms. The fourth-order valence-electron chi connectivity index (χ4n) is 0.500. The lowest BCUT2D eigenvalue weighted by Crippen LogP contribution is -1.70. The van der Waals surface area contributed by atoms with Crippen LogP contribution in [0.25, 0.3) is 10.4 Å². The molecule has 0 fully saturated rings. The van der Waals surface area contributed by atoms with Crippen molar-refractivity contribution >= 4 is 17.3 Å². The molecule has 5 heteroatoms. The zero-order valence-electron chi connectivity index (χ0n) is 4.90. The molecule has 0 saturated carbocycles. The van der Waals surface area contributed by atoms with E-state index in [2.05, 4.69) is 15.0 Å². The summed E-state index contributed by atoms with van der Waals surface area (Å²) in [6, 6.07) is 3.24. The summed E-state index contributed by atoms with van der Waals surface area (Å²) < 4.78 is 0. The summed E-state index contributed by atoms with van der Waals surface area (Å²) in [5.41, 5.74) is 8.37. The Labute approximate surface area is 62.1 Å². The van der Waals surface area contributed by atoms with E-state index in [4.69, 9.17) is 17.1 Å². The highest BCUT2D eigenvalue weighted by molar-refractivity contribution is 6.31. The van der Waals surface area contributed by atoms with E-state index in [-0.39, 0.29) is 5.15 Å². The average molecular weight is 155 g/mol. The summed E-state index contributed by atoms with van der Waals surface area (Å²) in [5.74, 6) is 0. The number of halogens is 1. The molecule has 0 aliphatic heterocycles. The van der Waals surface area contributed by atoms with E-state index >= 15 is 0 Å². The number of pyridine rings is 1. The minimum atomic E-state index is 0.223. The summed E-state index contributed by atoms with van der Waals surface area (Å²) in [6.45, 7) is 0. The fraction of sp³-hybridized carbons (Fsp3) is 0. The highest BCUT2D eigenvalue weighted by Gasteiger charge is 1.93. The summed E-state index contributed by atoms with van der Waals surface area (Å²) in [7, 11) is 0. The van der Waals surface area contributed by atoms with Crippen molar-refractivity contribution in [1.29, 1.82) is 0 Å².